The van der Waals surface area contributed by atoms with Gasteiger partial charge in [0.2, 0.25) is 0 Å². The Kier molecular flexibility index (Phi) is 3.71. The molecule has 0 radical (unpaired) electrons. The van der Waals surface area contributed by atoms with Crippen molar-refractivity contribution in [3.63, 3.8) is 0 Å². The summed E-state index contributed by atoms with van der Waals surface area (Å²) < 4.78 is 12.9. The number of halogens is 2. The number of nitrogens with zero attached hydrogens (tertiary/aromatic N) is 1. The zero-order valence-corrected chi connectivity index (χ0v) is 11.4. The molecule has 1 aliphatic heterocycles. The molecule has 0 spiro atoms. The maximum Gasteiger partial charge on any atom is 0.273 e. The SMILES string of the molecule is CC(C)CN1C(=O)C(Cl)=C(c2ccc(F)cc2)C1=O. The van der Waals surface area contributed by atoms with E-state index in [1.807, 2.05) is 13.8 Å². The van der Waals surface area contributed by atoms with E-state index in [-0.39, 0.29) is 16.5 Å². The molecule has 0 bridgehead atoms. The monoisotopic (exact) mass is 281 g/mol. The summed E-state index contributed by atoms with van der Waals surface area (Å²) in [6.45, 7) is 4.13. The molecule has 100 valence electrons. The molecule has 3 nitrogen and oxygen atoms in total. The Labute approximate surface area is 115 Å². The highest BCUT2D eigenvalue weighted by Crippen LogP contribution is 2.32. The van der Waals surface area contributed by atoms with E-state index >= 15 is 0 Å². The summed E-state index contributed by atoms with van der Waals surface area (Å²) in [6.07, 6.45) is 0. The second-order valence-electron chi connectivity index (χ2n) is 4.81. The predicted octanol–water partition coefficient (Wildman–Crippen LogP) is 2.80. The highest BCUT2D eigenvalue weighted by Gasteiger charge is 2.38. The van der Waals surface area contributed by atoms with Gasteiger partial charge in [-0.1, -0.05) is 37.6 Å². The van der Waals surface area contributed by atoms with Gasteiger partial charge in [0.05, 0.1) is 5.57 Å². The van der Waals surface area contributed by atoms with Gasteiger partial charge in [0.25, 0.3) is 11.8 Å². The zero-order chi connectivity index (χ0) is 14.2. The molecule has 0 saturated carbocycles. The van der Waals surface area contributed by atoms with Crippen LogP contribution in [0.5, 0.6) is 0 Å². The van der Waals surface area contributed by atoms with E-state index < -0.39 is 17.6 Å². The van der Waals surface area contributed by atoms with Gasteiger partial charge in [-0.25, -0.2) is 4.39 Å². The Morgan fingerprint density at radius 3 is 2.26 bits per heavy atom. The smallest absolute Gasteiger partial charge is 0.273 e. The van der Waals surface area contributed by atoms with Crippen LogP contribution in [0, 0.1) is 11.7 Å². The van der Waals surface area contributed by atoms with Crippen molar-refractivity contribution >= 4 is 29.0 Å². The summed E-state index contributed by atoms with van der Waals surface area (Å²) in [5.41, 5.74) is 0.600. The van der Waals surface area contributed by atoms with Crippen molar-refractivity contribution < 1.29 is 14.0 Å². The van der Waals surface area contributed by atoms with E-state index in [4.69, 9.17) is 11.6 Å². The number of hydrogen-bond acceptors (Lipinski definition) is 2. The number of carbonyl (C=O) groups excluding carboxylic acids is 2. The third kappa shape index (κ3) is 2.54. The van der Waals surface area contributed by atoms with Crippen molar-refractivity contribution in [3.8, 4) is 0 Å². The van der Waals surface area contributed by atoms with Crippen LogP contribution < -0.4 is 0 Å². The Balaban J connectivity index is 2.38. The van der Waals surface area contributed by atoms with Crippen LogP contribution in [0.1, 0.15) is 19.4 Å². The lowest BCUT2D eigenvalue weighted by molar-refractivity contribution is -0.137. The standard InChI is InChI=1S/C14H13ClFNO2/c1-8(2)7-17-13(18)11(12(15)14(17)19)9-3-5-10(16)6-4-9/h3-6,8H,7H2,1-2H3. The van der Waals surface area contributed by atoms with Crippen LogP contribution in [0.15, 0.2) is 29.3 Å². The second kappa shape index (κ2) is 5.13. The van der Waals surface area contributed by atoms with E-state index in [0.717, 1.165) is 4.90 Å². The first-order valence-corrected chi connectivity index (χ1v) is 6.31. The van der Waals surface area contributed by atoms with Crippen molar-refractivity contribution in [2.45, 2.75) is 13.8 Å². The zero-order valence-electron chi connectivity index (χ0n) is 10.6. The molecule has 1 heterocycles. The van der Waals surface area contributed by atoms with E-state index in [0.29, 0.717) is 12.1 Å². The van der Waals surface area contributed by atoms with Crippen molar-refractivity contribution in [3.05, 3.63) is 40.7 Å². The highest BCUT2D eigenvalue weighted by molar-refractivity contribution is 6.55. The first kappa shape index (κ1) is 13.7. The fourth-order valence-electron chi connectivity index (χ4n) is 1.94. The van der Waals surface area contributed by atoms with Gasteiger partial charge in [-0.2, -0.15) is 0 Å². The van der Waals surface area contributed by atoms with Crippen LogP contribution in [0.25, 0.3) is 5.57 Å². The molecule has 5 heteroatoms. The molecule has 2 amide bonds. The van der Waals surface area contributed by atoms with Gasteiger partial charge < -0.3 is 0 Å². The molecule has 1 aromatic rings. The highest BCUT2D eigenvalue weighted by atomic mass is 35.5. The number of carbonyl (C=O) groups is 2. The minimum Gasteiger partial charge on any atom is -0.273 e. The molecule has 2 rings (SSSR count). The minimum atomic E-state index is -0.486. The first-order chi connectivity index (χ1) is 8.91. The molecule has 0 fully saturated rings. The fraction of sp³-hybridized carbons (Fsp3) is 0.286. The van der Waals surface area contributed by atoms with E-state index in [1.165, 1.54) is 24.3 Å². The third-order valence-electron chi connectivity index (χ3n) is 2.79. The summed E-state index contributed by atoms with van der Waals surface area (Å²) in [5.74, 6) is -1.16. The normalized spacial score (nSPS) is 15.9. The quantitative estimate of drug-likeness (QED) is 0.799. The lowest BCUT2D eigenvalue weighted by Crippen LogP contribution is -2.34. The number of amides is 2. The Bertz CT molecular complexity index is 563. The fourth-order valence-corrected chi connectivity index (χ4v) is 2.24. The van der Waals surface area contributed by atoms with Gasteiger partial charge in [0, 0.05) is 6.54 Å². The summed E-state index contributed by atoms with van der Waals surface area (Å²) in [7, 11) is 0. The van der Waals surface area contributed by atoms with Gasteiger partial charge in [-0.15, -0.1) is 0 Å². The molecule has 0 aromatic heterocycles. The van der Waals surface area contributed by atoms with Crippen molar-refractivity contribution in [1.29, 1.82) is 0 Å². The number of rotatable bonds is 3. The van der Waals surface area contributed by atoms with Crippen molar-refractivity contribution in [1.82, 2.24) is 4.90 Å². The minimum absolute atomic E-state index is 0.0998. The van der Waals surface area contributed by atoms with Crippen LogP contribution in [0.3, 0.4) is 0 Å². The van der Waals surface area contributed by atoms with Crippen LogP contribution in [-0.2, 0) is 9.59 Å². The van der Waals surface area contributed by atoms with Crippen molar-refractivity contribution in [2.24, 2.45) is 5.92 Å². The molecular weight excluding hydrogens is 269 g/mol. The molecule has 0 aliphatic carbocycles. The van der Waals surface area contributed by atoms with Gasteiger partial charge in [-0.3, -0.25) is 14.5 Å². The average molecular weight is 282 g/mol. The van der Waals surface area contributed by atoms with Crippen molar-refractivity contribution in [2.75, 3.05) is 6.54 Å². The molecular formula is C14H13ClFNO2. The second-order valence-corrected chi connectivity index (χ2v) is 5.19. The lowest BCUT2D eigenvalue weighted by Gasteiger charge is -2.16. The molecule has 0 atom stereocenters. The van der Waals surface area contributed by atoms with Gasteiger partial charge >= 0.3 is 0 Å². The van der Waals surface area contributed by atoms with E-state index in [2.05, 4.69) is 0 Å². The van der Waals surface area contributed by atoms with Crippen LogP contribution in [-0.4, -0.2) is 23.3 Å². The van der Waals surface area contributed by atoms with Crippen LogP contribution in [0.2, 0.25) is 0 Å². The molecule has 0 N–H and O–H groups in total. The predicted molar refractivity (Wildman–Crippen MR) is 70.7 cm³/mol. The summed E-state index contributed by atoms with van der Waals surface area (Å²) >= 11 is 5.95. The van der Waals surface area contributed by atoms with Gasteiger partial charge in [-0.05, 0) is 23.6 Å². The van der Waals surface area contributed by atoms with E-state index in [9.17, 15) is 14.0 Å². The first-order valence-electron chi connectivity index (χ1n) is 5.93. The topological polar surface area (TPSA) is 37.4 Å². The maximum atomic E-state index is 12.9. The largest absolute Gasteiger partial charge is 0.273 e. The molecule has 19 heavy (non-hydrogen) atoms. The maximum absolute atomic E-state index is 12.9. The van der Waals surface area contributed by atoms with E-state index in [1.54, 1.807) is 0 Å². The summed E-state index contributed by atoms with van der Waals surface area (Å²) in [4.78, 5) is 25.3. The molecule has 1 aromatic carbocycles. The molecule has 1 aliphatic rings. The molecule has 0 saturated heterocycles. The Hall–Kier alpha value is -1.68. The average Bonchev–Trinajstić information content (AvgIpc) is 2.55. The van der Waals surface area contributed by atoms with Crippen LogP contribution in [0.4, 0.5) is 4.39 Å². The number of imide groups is 1. The number of hydrogen-bond donors (Lipinski definition) is 0. The lowest BCUT2D eigenvalue weighted by atomic mass is 10.1. The van der Waals surface area contributed by atoms with Crippen LogP contribution >= 0.6 is 11.6 Å². The molecule has 0 unspecified atom stereocenters. The Morgan fingerprint density at radius 1 is 1.16 bits per heavy atom. The number of benzene rings is 1. The van der Waals surface area contributed by atoms with Gasteiger partial charge in [0.1, 0.15) is 10.8 Å². The van der Waals surface area contributed by atoms with Gasteiger partial charge in [0.15, 0.2) is 0 Å². The Morgan fingerprint density at radius 2 is 1.74 bits per heavy atom. The third-order valence-corrected chi connectivity index (χ3v) is 3.14. The summed E-state index contributed by atoms with van der Waals surface area (Å²) in [5, 5.41) is -0.0998. The summed E-state index contributed by atoms with van der Waals surface area (Å²) in [6, 6.07) is 5.35.